The van der Waals surface area contributed by atoms with Crippen LogP contribution in [0.2, 0.25) is 0 Å². The van der Waals surface area contributed by atoms with Gasteiger partial charge in [-0.2, -0.15) is 0 Å². The predicted molar refractivity (Wildman–Crippen MR) is 173 cm³/mol. The van der Waals surface area contributed by atoms with E-state index >= 15 is 0 Å². The van der Waals surface area contributed by atoms with E-state index in [0.717, 1.165) is 16.7 Å². The molecule has 44 heavy (non-hydrogen) atoms. The highest BCUT2D eigenvalue weighted by atomic mass is 16.2. The molecule has 0 saturated heterocycles. The molecule has 0 radical (unpaired) electrons. The number of carbonyl (C=O) groups excluding carboxylic acids is 4. The van der Waals surface area contributed by atoms with Crippen LogP contribution in [0.4, 0.5) is 0 Å². The van der Waals surface area contributed by atoms with E-state index in [1.807, 2.05) is 87.5 Å². The van der Waals surface area contributed by atoms with Gasteiger partial charge in [-0.15, -0.1) is 0 Å². The number of hydrogen-bond acceptors (Lipinski definition) is 5. The second kappa shape index (κ2) is 17.6. The minimum Gasteiger partial charge on any atom is -0.355 e. The van der Waals surface area contributed by atoms with E-state index in [-0.39, 0.29) is 42.0 Å². The molecule has 3 rings (SSSR count). The lowest BCUT2D eigenvalue weighted by molar-refractivity contribution is -0.130. The van der Waals surface area contributed by atoms with Crippen LogP contribution in [0, 0.1) is 5.92 Å². The fraction of sp³-hybridized carbons (Fsp3) is 0.371. The van der Waals surface area contributed by atoms with Crippen LogP contribution >= 0.6 is 0 Å². The Hall–Kier alpha value is -4.50. The molecule has 0 heterocycles. The normalized spacial score (nSPS) is 12.9. The van der Waals surface area contributed by atoms with Crippen molar-refractivity contribution in [3.05, 3.63) is 107 Å². The zero-order chi connectivity index (χ0) is 31.9. The van der Waals surface area contributed by atoms with Crippen molar-refractivity contribution in [3.63, 3.8) is 0 Å². The summed E-state index contributed by atoms with van der Waals surface area (Å²) in [6, 6.07) is 25.0. The smallest absolute Gasteiger partial charge is 0.251 e. The van der Waals surface area contributed by atoms with Gasteiger partial charge in [0.05, 0.1) is 12.5 Å². The molecular weight excluding hydrogens is 554 g/mol. The first kappa shape index (κ1) is 34.0. The molecule has 4 amide bonds. The molecule has 0 aromatic heterocycles. The Morgan fingerprint density at radius 2 is 1.34 bits per heavy atom. The van der Waals surface area contributed by atoms with Crippen LogP contribution in [0.5, 0.6) is 0 Å². The maximum absolute atomic E-state index is 13.2. The fourth-order valence-corrected chi connectivity index (χ4v) is 4.75. The minimum atomic E-state index is -0.636. The van der Waals surface area contributed by atoms with Gasteiger partial charge in [-0.25, -0.2) is 0 Å². The Morgan fingerprint density at radius 3 is 1.98 bits per heavy atom. The summed E-state index contributed by atoms with van der Waals surface area (Å²) in [6.45, 7) is 8.58. The summed E-state index contributed by atoms with van der Waals surface area (Å²) in [4.78, 5) is 51.3. The molecule has 0 aliphatic heterocycles. The molecule has 234 valence electrons. The SMILES string of the molecule is CCNC(=O)[C@@H](NC(=O)C(C)NC[C@H](Cc1ccccc1)NC(=O)Cc1cccc(C(=O)NCc2ccccc2)c1)C(C)C. The third-order valence-electron chi connectivity index (χ3n) is 7.20. The van der Waals surface area contributed by atoms with Crippen molar-refractivity contribution in [1.82, 2.24) is 26.6 Å². The van der Waals surface area contributed by atoms with Crippen LogP contribution in [0.15, 0.2) is 84.9 Å². The van der Waals surface area contributed by atoms with Gasteiger partial charge in [0.15, 0.2) is 0 Å². The van der Waals surface area contributed by atoms with E-state index in [4.69, 9.17) is 0 Å². The number of nitrogens with one attached hydrogen (secondary N) is 5. The number of likely N-dealkylation sites (N-methyl/N-ethyl adjacent to an activating group) is 1. The molecule has 9 heteroatoms. The standard InChI is InChI=1S/C35H45N5O4/c1-5-36-35(44)32(24(2)3)40-33(42)25(4)37-23-30(20-26-13-8-6-9-14-26)39-31(41)21-28-17-12-18-29(19-28)34(43)38-22-27-15-10-7-11-16-27/h6-19,24-25,30,32,37H,5,20-23H2,1-4H3,(H,36,44)(H,38,43)(H,39,41)(H,40,42)/t25?,30-,32-/m0/s1. The van der Waals surface area contributed by atoms with Crippen LogP contribution in [0.3, 0.4) is 0 Å². The van der Waals surface area contributed by atoms with Gasteiger partial charge in [-0.3, -0.25) is 19.2 Å². The van der Waals surface area contributed by atoms with Crippen molar-refractivity contribution >= 4 is 23.6 Å². The quantitative estimate of drug-likeness (QED) is 0.173. The Morgan fingerprint density at radius 1 is 0.705 bits per heavy atom. The summed E-state index contributed by atoms with van der Waals surface area (Å²) in [6.07, 6.45) is 0.660. The van der Waals surface area contributed by atoms with Gasteiger partial charge < -0.3 is 26.6 Å². The zero-order valence-corrected chi connectivity index (χ0v) is 26.1. The lowest BCUT2D eigenvalue weighted by Crippen LogP contribution is -2.55. The molecule has 3 aromatic rings. The molecule has 0 aliphatic rings. The maximum atomic E-state index is 13.2. The lowest BCUT2D eigenvalue weighted by Gasteiger charge is -2.25. The fourth-order valence-electron chi connectivity index (χ4n) is 4.75. The molecule has 0 fully saturated rings. The molecule has 0 spiro atoms. The summed E-state index contributed by atoms with van der Waals surface area (Å²) in [5.41, 5.74) is 3.26. The molecular formula is C35H45N5O4. The number of benzene rings is 3. The highest BCUT2D eigenvalue weighted by Gasteiger charge is 2.26. The van der Waals surface area contributed by atoms with E-state index in [0.29, 0.717) is 31.6 Å². The monoisotopic (exact) mass is 599 g/mol. The van der Waals surface area contributed by atoms with Crippen LogP contribution in [-0.2, 0) is 33.8 Å². The summed E-state index contributed by atoms with van der Waals surface area (Å²) in [7, 11) is 0. The average molecular weight is 600 g/mol. The Labute approximate surface area is 260 Å². The highest BCUT2D eigenvalue weighted by molar-refractivity contribution is 5.94. The van der Waals surface area contributed by atoms with E-state index in [9.17, 15) is 19.2 Å². The minimum absolute atomic E-state index is 0.0729. The van der Waals surface area contributed by atoms with Crippen molar-refractivity contribution in [2.45, 2.75) is 65.2 Å². The van der Waals surface area contributed by atoms with Gasteiger partial charge in [0.1, 0.15) is 6.04 Å². The van der Waals surface area contributed by atoms with E-state index in [1.54, 1.807) is 25.1 Å². The summed E-state index contributed by atoms with van der Waals surface area (Å²) >= 11 is 0. The van der Waals surface area contributed by atoms with E-state index in [1.165, 1.54) is 0 Å². The number of carbonyl (C=O) groups is 4. The van der Waals surface area contributed by atoms with Crippen LogP contribution in [-0.4, -0.2) is 54.8 Å². The van der Waals surface area contributed by atoms with Gasteiger partial charge in [0.25, 0.3) is 5.91 Å². The molecule has 9 nitrogen and oxygen atoms in total. The van der Waals surface area contributed by atoms with Crippen LogP contribution in [0.25, 0.3) is 0 Å². The van der Waals surface area contributed by atoms with Gasteiger partial charge in [-0.05, 0) is 55.0 Å². The Kier molecular flexibility index (Phi) is 13.6. The summed E-state index contributed by atoms with van der Waals surface area (Å²) < 4.78 is 0. The topological polar surface area (TPSA) is 128 Å². The predicted octanol–water partition coefficient (Wildman–Crippen LogP) is 3.14. The zero-order valence-electron chi connectivity index (χ0n) is 26.1. The summed E-state index contributed by atoms with van der Waals surface area (Å²) in [5.74, 6) is -0.974. The number of hydrogen-bond donors (Lipinski definition) is 5. The van der Waals surface area contributed by atoms with Crippen molar-refractivity contribution in [1.29, 1.82) is 0 Å². The summed E-state index contributed by atoms with van der Waals surface area (Å²) in [5, 5.41) is 14.9. The second-order valence-corrected chi connectivity index (χ2v) is 11.3. The largest absolute Gasteiger partial charge is 0.355 e. The molecule has 5 N–H and O–H groups in total. The number of rotatable bonds is 16. The van der Waals surface area contributed by atoms with Crippen molar-refractivity contribution in [3.8, 4) is 0 Å². The van der Waals surface area contributed by atoms with Crippen molar-refractivity contribution in [2.24, 2.45) is 5.92 Å². The molecule has 0 saturated carbocycles. The highest BCUT2D eigenvalue weighted by Crippen LogP contribution is 2.09. The molecule has 3 aromatic carbocycles. The molecule has 0 aliphatic carbocycles. The Balaban J connectivity index is 1.60. The maximum Gasteiger partial charge on any atom is 0.251 e. The van der Waals surface area contributed by atoms with E-state index < -0.39 is 12.1 Å². The van der Waals surface area contributed by atoms with Gasteiger partial charge in [0.2, 0.25) is 17.7 Å². The first-order valence-corrected chi connectivity index (χ1v) is 15.2. The molecule has 3 atom stereocenters. The van der Waals surface area contributed by atoms with Crippen LogP contribution < -0.4 is 26.6 Å². The Bertz CT molecular complexity index is 1360. The lowest BCUT2D eigenvalue weighted by atomic mass is 10.0. The van der Waals surface area contributed by atoms with E-state index in [2.05, 4.69) is 26.6 Å². The van der Waals surface area contributed by atoms with Gasteiger partial charge in [-0.1, -0.05) is 86.6 Å². The third kappa shape index (κ3) is 11.3. The third-order valence-corrected chi connectivity index (χ3v) is 7.20. The van der Waals surface area contributed by atoms with Crippen LogP contribution in [0.1, 0.15) is 54.7 Å². The molecule has 1 unspecified atom stereocenters. The average Bonchev–Trinajstić information content (AvgIpc) is 3.02. The van der Waals surface area contributed by atoms with Crippen molar-refractivity contribution < 1.29 is 19.2 Å². The first-order valence-electron chi connectivity index (χ1n) is 15.2. The first-order chi connectivity index (χ1) is 21.2. The van der Waals surface area contributed by atoms with Gasteiger partial charge in [0, 0.05) is 31.2 Å². The second-order valence-electron chi connectivity index (χ2n) is 11.3. The van der Waals surface area contributed by atoms with Gasteiger partial charge >= 0.3 is 0 Å². The van der Waals surface area contributed by atoms with Crippen molar-refractivity contribution in [2.75, 3.05) is 13.1 Å². The molecule has 0 bridgehead atoms. The number of amides is 4.